The van der Waals surface area contributed by atoms with Crippen LogP contribution in [0.3, 0.4) is 0 Å². The Bertz CT molecular complexity index is 414. The van der Waals surface area contributed by atoms with E-state index in [1.54, 1.807) is 0 Å². The summed E-state index contributed by atoms with van der Waals surface area (Å²) in [6.07, 6.45) is 5.63. The number of nitrogens with zero attached hydrogens (tertiary/aromatic N) is 3. The van der Waals surface area contributed by atoms with Crippen molar-refractivity contribution in [2.45, 2.75) is 38.3 Å². The fraction of sp³-hybridized carbons (Fsp3) is 0.688. The van der Waals surface area contributed by atoms with Crippen LogP contribution in [-0.4, -0.2) is 48.1 Å². The Balaban J connectivity index is 1.58. The molecule has 2 N–H and O–H groups in total. The van der Waals surface area contributed by atoms with E-state index in [4.69, 9.17) is 5.73 Å². The Morgan fingerprint density at radius 2 is 1.95 bits per heavy atom. The van der Waals surface area contributed by atoms with Crippen molar-refractivity contribution in [3.05, 3.63) is 24.4 Å². The maximum atomic E-state index is 6.35. The Labute approximate surface area is 122 Å². The first kappa shape index (κ1) is 13.8. The third kappa shape index (κ3) is 2.96. The van der Waals surface area contributed by atoms with Crippen LogP contribution < -0.4 is 10.6 Å². The number of hydrogen-bond donors (Lipinski definition) is 1. The predicted octanol–water partition coefficient (Wildman–Crippen LogP) is 1.72. The highest BCUT2D eigenvalue weighted by Gasteiger charge is 2.32. The van der Waals surface area contributed by atoms with E-state index in [2.05, 4.69) is 33.8 Å². The molecular weight excluding hydrogens is 248 g/mol. The van der Waals surface area contributed by atoms with Crippen LogP contribution in [0.5, 0.6) is 0 Å². The molecule has 1 aromatic heterocycles. The van der Waals surface area contributed by atoms with Crippen molar-refractivity contribution < 1.29 is 0 Å². The zero-order valence-electron chi connectivity index (χ0n) is 12.4. The van der Waals surface area contributed by atoms with Crippen LogP contribution in [0.25, 0.3) is 0 Å². The molecule has 1 saturated heterocycles. The molecule has 20 heavy (non-hydrogen) atoms. The van der Waals surface area contributed by atoms with Crippen molar-refractivity contribution in [1.29, 1.82) is 0 Å². The van der Waals surface area contributed by atoms with Crippen molar-refractivity contribution >= 4 is 5.82 Å². The van der Waals surface area contributed by atoms with Gasteiger partial charge in [-0.1, -0.05) is 13.0 Å². The molecule has 4 nitrogen and oxygen atoms in total. The molecule has 2 aliphatic rings. The largest absolute Gasteiger partial charge is 0.354 e. The van der Waals surface area contributed by atoms with Crippen molar-refractivity contribution in [3.63, 3.8) is 0 Å². The lowest BCUT2D eigenvalue weighted by Crippen LogP contribution is -2.57. The Morgan fingerprint density at radius 1 is 1.15 bits per heavy atom. The molecule has 1 saturated carbocycles. The predicted molar refractivity (Wildman–Crippen MR) is 82.8 cm³/mol. The molecule has 3 atom stereocenters. The number of pyridine rings is 1. The standard InChI is InChI=1S/C16H26N4/c1-13-5-6-14(17)15(12-13)19-8-10-20(11-9-19)16-4-2-3-7-18-16/h2-4,7,13-15H,5-6,8-12,17H2,1H3. The minimum atomic E-state index is 0.368. The van der Waals surface area contributed by atoms with Crippen molar-refractivity contribution in [2.24, 2.45) is 11.7 Å². The summed E-state index contributed by atoms with van der Waals surface area (Å²) in [6.45, 7) is 6.72. The lowest BCUT2D eigenvalue weighted by molar-refractivity contribution is 0.110. The zero-order chi connectivity index (χ0) is 13.9. The summed E-state index contributed by atoms with van der Waals surface area (Å²) in [5.74, 6) is 1.93. The summed E-state index contributed by atoms with van der Waals surface area (Å²) in [4.78, 5) is 9.44. The van der Waals surface area contributed by atoms with Gasteiger partial charge in [0.25, 0.3) is 0 Å². The summed E-state index contributed by atoms with van der Waals surface area (Å²) in [6, 6.07) is 7.09. The van der Waals surface area contributed by atoms with Gasteiger partial charge in [-0.3, -0.25) is 4.90 Å². The first-order valence-corrected chi connectivity index (χ1v) is 7.89. The maximum absolute atomic E-state index is 6.35. The normalized spacial score (nSPS) is 32.3. The van der Waals surface area contributed by atoms with E-state index >= 15 is 0 Å². The highest BCUT2D eigenvalue weighted by Crippen LogP contribution is 2.27. The topological polar surface area (TPSA) is 45.4 Å². The first-order valence-electron chi connectivity index (χ1n) is 7.89. The smallest absolute Gasteiger partial charge is 0.128 e. The van der Waals surface area contributed by atoms with Gasteiger partial charge in [0, 0.05) is 44.5 Å². The molecule has 1 aliphatic heterocycles. The number of aromatic nitrogens is 1. The molecule has 3 unspecified atom stereocenters. The van der Waals surface area contributed by atoms with Gasteiger partial charge in [0.05, 0.1) is 0 Å². The second-order valence-electron chi connectivity index (χ2n) is 6.36. The van der Waals surface area contributed by atoms with Gasteiger partial charge in [-0.25, -0.2) is 4.98 Å². The molecule has 0 spiro atoms. The van der Waals surface area contributed by atoms with Gasteiger partial charge in [-0.05, 0) is 37.3 Å². The van der Waals surface area contributed by atoms with Crippen molar-refractivity contribution in [2.75, 3.05) is 31.1 Å². The molecule has 110 valence electrons. The summed E-state index contributed by atoms with van der Waals surface area (Å²) >= 11 is 0. The van der Waals surface area contributed by atoms with Gasteiger partial charge in [0.1, 0.15) is 5.82 Å². The highest BCUT2D eigenvalue weighted by atomic mass is 15.3. The molecular formula is C16H26N4. The maximum Gasteiger partial charge on any atom is 0.128 e. The fourth-order valence-electron chi connectivity index (χ4n) is 3.62. The van der Waals surface area contributed by atoms with E-state index in [0.717, 1.165) is 37.9 Å². The third-order valence-electron chi connectivity index (χ3n) is 4.89. The molecule has 0 radical (unpaired) electrons. The SMILES string of the molecule is CC1CCC(N)C(N2CCN(c3ccccn3)CC2)C1. The molecule has 0 amide bonds. The summed E-state index contributed by atoms with van der Waals surface area (Å²) in [5, 5.41) is 0. The lowest BCUT2D eigenvalue weighted by atomic mass is 9.83. The minimum absolute atomic E-state index is 0.368. The van der Waals surface area contributed by atoms with E-state index in [0.29, 0.717) is 12.1 Å². The zero-order valence-corrected chi connectivity index (χ0v) is 12.4. The van der Waals surface area contributed by atoms with Crippen LogP contribution in [0, 0.1) is 5.92 Å². The second-order valence-corrected chi connectivity index (χ2v) is 6.36. The van der Waals surface area contributed by atoms with E-state index in [-0.39, 0.29) is 0 Å². The molecule has 2 heterocycles. The molecule has 0 aromatic carbocycles. The Morgan fingerprint density at radius 3 is 2.65 bits per heavy atom. The minimum Gasteiger partial charge on any atom is -0.354 e. The van der Waals surface area contributed by atoms with Crippen LogP contribution in [0.15, 0.2) is 24.4 Å². The molecule has 1 aromatic rings. The van der Waals surface area contributed by atoms with Crippen LogP contribution in [0.1, 0.15) is 26.2 Å². The summed E-state index contributed by atoms with van der Waals surface area (Å²) in [7, 11) is 0. The molecule has 4 heteroatoms. The number of piperazine rings is 1. The van der Waals surface area contributed by atoms with E-state index in [1.165, 1.54) is 19.3 Å². The summed E-state index contributed by atoms with van der Waals surface area (Å²) < 4.78 is 0. The van der Waals surface area contributed by atoms with Crippen LogP contribution in [0.2, 0.25) is 0 Å². The molecule has 3 rings (SSSR count). The van der Waals surface area contributed by atoms with Crippen LogP contribution in [-0.2, 0) is 0 Å². The number of hydrogen-bond acceptors (Lipinski definition) is 4. The average molecular weight is 274 g/mol. The first-order chi connectivity index (χ1) is 9.74. The third-order valence-corrected chi connectivity index (χ3v) is 4.89. The van der Waals surface area contributed by atoms with E-state index < -0.39 is 0 Å². The van der Waals surface area contributed by atoms with E-state index in [9.17, 15) is 0 Å². The Kier molecular flexibility index (Phi) is 4.22. The van der Waals surface area contributed by atoms with Crippen molar-refractivity contribution in [1.82, 2.24) is 9.88 Å². The van der Waals surface area contributed by atoms with Crippen LogP contribution in [0.4, 0.5) is 5.82 Å². The van der Waals surface area contributed by atoms with Gasteiger partial charge in [0.2, 0.25) is 0 Å². The fourth-order valence-corrected chi connectivity index (χ4v) is 3.62. The van der Waals surface area contributed by atoms with Gasteiger partial charge >= 0.3 is 0 Å². The van der Waals surface area contributed by atoms with E-state index in [1.807, 2.05) is 12.3 Å². The number of anilines is 1. The summed E-state index contributed by atoms with van der Waals surface area (Å²) in [5.41, 5.74) is 6.35. The van der Waals surface area contributed by atoms with Gasteiger partial charge in [-0.15, -0.1) is 0 Å². The molecule has 0 bridgehead atoms. The van der Waals surface area contributed by atoms with Crippen LogP contribution >= 0.6 is 0 Å². The monoisotopic (exact) mass is 274 g/mol. The molecule has 1 aliphatic carbocycles. The highest BCUT2D eigenvalue weighted by molar-refractivity contribution is 5.38. The van der Waals surface area contributed by atoms with Crippen molar-refractivity contribution in [3.8, 4) is 0 Å². The quantitative estimate of drug-likeness (QED) is 0.892. The number of nitrogens with two attached hydrogens (primary N) is 1. The lowest BCUT2D eigenvalue weighted by Gasteiger charge is -2.44. The second kappa shape index (κ2) is 6.10. The Hall–Kier alpha value is -1.13. The number of rotatable bonds is 2. The van der Waals surface area contributed by atoms with Gasteiger partial charge < -0.3 is 10.6 Å². The average Bonchev–Trinajstić information content (AvgIpc) is 2.51. The molecule has 2 fully saturated rings. The van der Waals surface area contributed by atoms with Gasteiger partial charge in [-0.2, -0.15) is 0 Å². The van der Waals surface area contributed by atoms with Gasteiger partial charge in [0.15, 0.2) is 0 Å².